The first-order chi connectivity index (χ1) is 23.9. The summed E-state index contributed by atoms with van der Waals surface area (Å²) in [6.45, 7) is 3.01. The van der Waals surface area contributed by atoms with Crippen LogP contribution in [0.15, 0.2) is 55.0 Å². The molecule has 2 N–H and O–H groups in total. The molecule has 0 aliphatic heterocycles. The van der Waals surface area contributed by atoms with Gasteiger partial charge in [-0.25, -0.2) is 14.8 Å². The van der Waals surface area contributed by atoms with Crippen molar-refractivity contribution < 1.29 is 9.90 Å². The van der Waals surface area contributed by atoms with Gasteiger partial charge in [0, 0.05) is 35.1 Å². The van der Waals surface area contributed by atoms with Gasteiger partial charge in [0.1, 0.15) is 11.3 Å². The van der Waals surface area contributed by atoms with Crippen molar-refractivity contribution in [3.05, 3.63) is 71.8 Å². The number of benzene rings is 1. The molecule has 0 radical (unpaired) electrons. The minimum absolute atomic E-state index is 0.174. The van der Waals surface area contributed by atoms with E-state index in [1.54, 1.807) is 17.5 Å². The van der Waals surface area contributed by atoms with Crippen LogP contribution in [0.4, 0.5) is 10.9 Å². The van der Waals surface area contributed by atoms with Crippen LogP contribution in [0.2, 0.25) is 0 Å². The van der Waals surface area contributed by atoms with E-state index in [2.05, 4.69) is 44.2 Å². The van der Waals surface area contributed by atoms with E-state index in [4.69, 9.17) is 10.1 Å². The number of pyridine rings is 1. The van der Waals surface area contributed by atoms with Gasteiger partial charge in [-0.15, -0.1) is 10.2 Å². The zero-order valence-corrected chi connectivity index (χ0v) is 28.3. The van der Waals surface area contributed by atoms with Crippen molar-refractivity contribution in [1.82, 2.24) is 34.3 Å². The summed E-state index contributed by atoms with van der Waals surface area (Å²) in [4.78, 5) is 22.3. The van der Waals surface area contributed by atoms with E-state index in [-0.39, 0.29) is 5.56 Å². The number of rotatable bonds is 8. The number of imidazole rings is 1. The van der Waals surface area contributed by atoms with Crippen molar-refractivity contribution >= 4 is 44.1 Å². The van der Waals surface area contributed by atoms with Crippen LogP contribution in [0.5, 0.6) is 0 Å². The van der Waals surface area contributed by atoms with E-state index in [1.807, 2.05) is 41.1 Å². The van der Waals surface area contributed by atoms with E-state index in [1.165, 1.54) is 44.9 Å². The molecule has 5 aliphatic carbocycles. The number of carboxylic acids is 1. The zero-order valence-electron chi connectivity index (χ0n) is 27.5. The largest absolute Gasteiger partial charge is 0.478 e. The van der Waals surface area contributed by atoms with Crippen molar-refractivity contribution in [2.75, 3.05) is 5.32 Å². The number of nitrogens with one attached hydrogen (secondary N) is 1. The number of carbonyl (C=O) groups is 1. The van der Waals surface area contributed by atoms with Crippen molar-refractivity contribution in [2.24, 2.45) is 23.2 Å². The first-order valence-electron chi connectivity index (χ1n) is 17.7. The van der Waals surface area contributed by atoms with Crippen LogP contribution >= 0.6 is 11.3 Å². The van der Waals surface area contributed by atoms with Gasteiger partial charge in [-0.05, 0) is 105 Å². The summed E-state index contributed by atoms with van der Waals surface area (Å²) >= 11 is 1.59. The Balaban J connectivity index is 0.984. The molecule has 11 heteroatoms. The Morgan fingerprint density at radius 2 is 1.80 bits per heavy atom. The molecule has 2 atom stereocenters. The third-order valence-electron chi connectivity index (χ3n) is 11.9. The van der Waals surface area contributed by atoms with Crippen LogP contribution in [0.3, 0.4) is 0 Å². The molecule has 49 heavy (non-hydrogen) atoms. The van der Waals surface area contributed by atoms with Gasteiger partial charge in [0.05, 0.1) is 28.3 Å². The summed E-state index contributed by atoms with van der Waals surface area (Å²) in [7, 11) is 0. The highest BCUT2D eigenvalue weighted by atomic mass is 32.1. The summed E-state index contributed by atoms with van der Waals surface area (Å²) in [5.41, 5.74) is 6.79. The highest BCUT2D eigenvalue weighted by molar-refractivity contribution is 7.22. The van der Waals surface area contributed by atoms with E-state index in [0.29, 0.717) is 39.7 Å². The fraction of sp³-hybridized carbons (Fsp3) is 0.421. The molecule has 248 valence electrons. The SMILES string of the molecule is Cc1c(-c2ccn3c(-c4cc(C5CC5)c(Nc5nc6ccccc6s5)nn4)cnc3c2C(=O)O)cnn1CC12CC3CCC(CC(C3)C1)C2. The standard InChI is InChI=1S/C38H38N8O2S/c1-21-28(18-40-46(21)20-38-15-22-6-7-23(16-38)13-24(12-22)17-38)26-10-11-45-31(19-39-35(45)33(26)36(47)48)30-14-27(25-8-9-25)34(44-43-30)42-37-41-29-4-2-3-5-32(29)49-37/h2-5,10-11,14,18-19,22-25H,6-9,12-13,15-17,20H2,1H3,(H,47,48)(H,41,42,44). The average Bonchev–Trinajstić information content (AvgIpc) is 3.65. The van der Waals surface area contributed by atoms with Gasteiger partial charge in [-0.2, -0.15) is 5.10 Å². The summed E-state index contributed by atoms with van der Waals surface area (Å²) in [5, 5.41) is 28.9. The summed E-state index contributed by atoms with van der Waals surface area (Å²) in [6.07, 6.45) is 17.2. The van der Waals surface area contributed by atoms with Crippen LogP contribution < -0.4 is 5.32 Å². The molecule has 2 unspecified atom stereocenters. The number of nitrogens with zero attached hydrogens (tertiary/aromatic N) is 7. The highest BCUT2D eigenvalue weighted by Crippen LogP contribution is 2.58. The molecule has 0 amide bonds. The Hall–Kier alpha value is -4.64. The molecular weight excluding hydrogens is 633 g/mol. The minimum Gasteiger partial charge on any atom is -0.478 e. The number of anilines is 2. The van der Waals surface area contributed by atoms with Gasteiger partial charge in [-0.1, -0.05) is 36.3 Å². The van der Waals surface area contributed by atoms with E-state index >= 15 is 0 Å². The quantitative estimate of drug-likeness (QED) is 0.165. The molecule has 6 aromatic rings. The van der Waals surface area contributed by atoms with Gasteiger partial charge in [-0.3, -0.25) is 9.08 Å². The average molecular weight is 671 g/mol. The van der Waals surface area contributed by atoms with Gasteiger partial charge in [0.15, 0.2) is 16.6 Å². The number of hydrogen-bond donors (Lipinski definition) is 2. The first kappa shape index (κ1) is 29.3. The number of hydrogen-bond acceptors (Lipinski definition) is 8. The normalized spacial score (nSPS) is 24.6. The van der Waals surface area contributed by atoms with Crippen LogP contribution in [0, 0.1) is 30.1 Å². The minimum atomic E-state index is -1.01. The third-order valence-corrected chi connectivity index (χ3v) is 12.8. The van der Waals surface area contributed by atoms with Crippen LogP contribution in [-0.4, -0.2) is 45.4 Å². The number of aromatic carboxylic acids is 1. The number of thiazole rings is 1. The predicted molar refractivity (Wildman–Crippen MR) is 189 cm³/mol. The van der Waals surface area contributed by atoms with Crippen molar-refractivity contribution in [2.45, 2.75) is 77.2 Å². The zero-order chi connectivity index (χ0) is 32.9. The maximum atomic E-state index is 12.9. The Kier molecular flexibility index (Phi) is 6.54. The monoisotopic (exact) mass is 670 g/mol. The molecule has 0 saturated heterocycles. The molecule has 5 aliphatic rings. The third kappa shape index (κ3) is 4.95. The molecule has 1 aromatic carbocycles. The van der Waals surface area contributed by atoms with Gasteiger partial charge in [0.2, 0.25) is 0 Å². The van der Waals surface area contributed by atoms with Crippen molar-refractivity contribution in [1.29, 1.82) is 0 Å². The van der Waals surface area contributed by atoms with Crippen molar-refractivity contribution in [3.8, 4) is 22.5 Å². The maximum absolute atomic E-state index is 12.9. The second-order valence-corrected chi connectivity index (χ2v) is 16.3. The Morgan fingerprint density at radius 1 is 1.00 bits per heavy atom. The molecule has 11 rings (SSSR count). The lowest BCUT2D eigenvalue weighted by atomic mass is 9.58. The summed E-state index contributed by atoms with van der Waals surface area (Å²) < 4.78 is 5.10. The summed E-state index contributed by atoms with van der Waals surface area (Å²) in [6, 6.07) is 12.0. The van der Waals surface area contributed by atoms with Crippen LogP contribution in [0.25, 0.3) is 38.4 Å². The molecule has 10 nitrogen and oxygen atoms in total. The number of para-hydroxylation sites is 1. The lowest BCUT2D eigenvalue weighted by molar-refractivity contribution is 0.0169. The molecule has 0 spiro atoms. The number of fused-ring (bicyclic) bond motifs is 3. The molecule has 5 heterocycles. The fourth-order valence-electron chi connectivity index (χ4n) is 9.79. The second-order valence-electron chi connectivity index (χ2n) is 15.2. The van der Waals surface area contributed by atoms with Gasteiger partial charge < -0.3 is 10.4 Å². The van der Waals surface area contributed by atoms with Crippen molar-refractivity contribution in [3.63, 3.8) is 0 Å². The van der Waals surface area contributed by atoms with Gasteiger partial charge in [0.25, 0.3) is 0 Å². The predicted octanol–water partition coefficient (Wildman–Crippen LogP) is 8.50. The van der Waals surface area contributed by atoms with E-state index in [9.17, 15) is 9.90 Å². The lowest BCUT2D eigenvalue weighted by Crippen LogP contribution is -2.40. The smallest absolute Gasteiger partial charge is 0.340 e. The van der Waals surface area contributed by atoms with Crippen LogP contribution in [-0.2, 0) is 6.54 Å². The molecule has 5 fully saturated rings. The summed E-state index contributed by atoms with van der Waals surface area (Å²) in [5.74, 6) is 2.67. The first-order valence-corrected chi connectivity index (χ1v) is 18.5. The molecule has 5 aromatic heterocycles. The fourth-order valence-corrected chi connectivity index (χ4v) is 10.7. The van der Waals surface area contributed by atoms with Crippen LogP contribution in [0.1, 0.15) is 85.3 Å². The Morgan fingerprint density at radius 3 is 2.57 bits per heavy atom. The molecule has 5 saturated carbocycles. The second kappa shape index (κ2) is 10.9. The Bertz CT molecular complexity index is 2230. The number of aromatic nitrogens is 7. The highest BCUT2D eigenvalue weighted by Gasteiger charge is 2.48. The number of carboxylic acid groups (broad SMARTS) is 1. The maximum Gasteiger partial charge on any atom is 0.340 e. The van der Waals surface area contributed by atoms with E-state index in [0.717, 1.165) is 69.3 Å². The topological polar surface area (TPSA) is 123 Å². The van der Waals surface area contributed by atoms with E-state index < -0.39 is 5.97 Å². The molecule has 4 bridgehead atoms. The molecular formula is C38H38N8O2S. The lowest BCUT2D eigenvalue weighted by Gasteiger charge is -2.48. The van der Waals surface area contributed by atoms with Gasteiger partial charge >= 0.3 is 5.97 Å². The Labute approximate surface area is 287 Å².